The van der Waals surface area contributed by atoms with Gasteiger partial charge in [-0.25, -0.2) is 8.42 Å². The molecule has 2 aromatic rings. The SMILES string of the molecule is CCCCOc1c(Cl)cc(C(=O)Nc2ccc(S(=O)(=O)N3CCCCC3C)cc2)cc1Cl. The summed E-state index contributed by atoms with van der Waals surface area (Å²) < 4.78 is 33.1. The number of piperidine rings is 1. The molecule has 32 heavy (non-hydrogen) atoms. The standard InChI is InChI=1S/C23H28Cl2N2O4S/c1-3-4-13-31-22-20(24)14-17(15-21(22)25)23(28)26-18-8-10-19(11-9-18)32(29,30)27-12-6-5-7-16(27)2/h8-11,14-16H,3-7,12-13H2,1-2H3,(H,26,28). The topological polar surface area (TPSA) is 75.7 Å². The van der Waals surface area contributed by atoms with Crippen LogP contribution in [0.15, 0.2) is 41.3 Å². The number of nitrogens with zero attached hydrogens (tertiary/aromatic N) is 1. The van der Waals surface area contributed by atoms with Gasteiger partial charge in [-0.1, -0.05) is 43.0 Å². The first-order valence-electron chi connectivity index (χ1n) is 10.8. The lowest BCUT2D eigenvalue weighted by Gasteiger charge is -2.32. The Morgan fingerprint density at radius 1 is 1.16 bits per heavy atom. The third kappa shape index (κ3) is 5.76. The molecule has 1 aliphatic heterocycles. The second kappa shape index (κ2) is 10.9. The normalized spacial score (nSPS) is 17.2. The number of carbonyl (C=O) groups excluding carboxylic acids is 1. The Kier molecular flexibility index (Phi) is 8.44. The number of unbranched alkanes of at least 4 members (excludes halogenated alkanes) is 1. The van der Waals surface area contributed by atoms with E-state index in [0.717, 1.165) is 32.1 Å². The summed E-state index contributed by atoms with van der Waals surface area (Å²) in [6.45, 7) is 5.01. The lowest BCUT2D eigenvalue weighted by molar-refractivity contribution is 0.102. The van der Waals surface area contributed by atoms with Crippen molar-refractivity contribution in [3.63, 3.8) is 0 Å². The molecular formula is C23H28Cl2N2O4S. The summed E-state index contributed by atoms with van der Waals surface area (Å²) in [7, 11) is -3.56. The second-order valence-corrected chi connectivity index (χ2v) is 10.6. The highest BCUT2D eigenvalue weighted by molar-refractivity contribution is 7.89. The zero-order valence-corrected chi connectivity index (χ0v) is 20.6. The Bertz CT molecular complexity index is 1040. The minimum Gasteiger partial charge on any atom is -0.490 e. The van der Waals surface area contributed by atoms with Crippen LogP contribution >= 0.6 is 23.2 Å². The predicted molar refractivity (Wildman–Crippen MR) is 128 cm³/mol. The quantitative estimate of drug-likeness (QED) is 0.453. The van der Waals surface area contributed by atoms with E-state index in [4.69, 9.17) is 27.9 Å². The van der Waals surface area contributed by atoms with Gasteiger partial charge < -0.3 is 10.1 Å². The van der Waals surface area contributed by atoms with Crippen LogP contribution in [0.4, 0.5) is 5.69 Å². The minimum atomic E-state index is -3.56. The van der Waals surface area contributed by atoms with Gasteiger partial charge in [0.15, 0.2) is 5.75 Å². The van der Waals surface area contributed by atoms with E-state index in [-0.39, 0.29) is 26.5 Å². The first-order valence-corrected chi connectivity index (χ1v) is 13.0. The molecule has 1 amide bonds. The van der Waals surface area contributed by atoms with Crippen molar-refractivity contribution in [1.82, 2.24) is 4.31 Å². The zero-order valence-electron chi connectivity index (χ0n) is 18.2. The van der Waals surface area contributed by atoms with Gasteiger partial charge in [-0.3, -0.25) is 4.79 Å². The molecule has 1 fully saturated rings. The molecule has 1 aliphatic rings. The molecule has 0 saturated carbocycles. The number of halogens is 2. The number of ether oxygens (including phenoxy) is 1. The summed E-state index contributed by atoms with van der Waals surface area (Å²) in [6, 6.07) is 9.15. The van der Waals surface area contributed by atoms with Crippen molar-refractivity contribution in [3.05, 3.63) is 52.0 Å². The number of amides is 1. The van der Waals surface area contributed by atoms with Gasteiger partial charge in [-0.15, -0.1) is 0 Å². The van der Waals surface area contributed by atoms with Crippen LogP contribution in [0.25, 0.3) is 0 Å². The van der Waals surface area contributed by atoms with E-state index >= 15 is 0 Å². The van der Waals surface area contributed by atoms with Gasteiger partial charge in [-0.05, 0) is 62.6 Å². The third-order valence-corrected chi connectivity index (χ3v) is 8.05. The highest BCUT2D eigenvalue weighted by atomic mass is 35.5. The Labute approximate surface area is 199 Å². The lowest BCUT2D eigenvalue weighted by atomic mass is 10.1. The molecule has 174 valence electrons. The third-order valence-electron chi connectivity index (χ3n) is 5.47. The van der Waals surface area contributed by atoms with Crippen LogP contribution < -0.4 is 10.1 Å². The van der Waals surface area contributed by atoms with Crippen LogP contribution in [0, 0.1) is 0 Å². The van der Waals surface area contributed by atoms with Crippen molar-refractivity contribution < 1.29 is 17.9 Å². The Morgan fingerprint density at radius 2 is 1.81 bits per heavy atom. The number of rotatable bonds is 8. The molecule has 1 atom stereocenters. The molecule has 6 nitrogen and oxygen atoms in total. The van der Waals surface area contributed by atoms with Crippen molar-refractivity contribution in [1.29, 1.82) is 0 Å². The van der Waals surface area contributed by atoms with Crippen LogP contribution in [0.5, 0.6) is 5.75 Å². The molecule has 2 aromatic carbocycles. The maximum Gasteiger partial charge on any atom is 0.255 e. The van der Waals surface area contributed by atoms with Crippen LogP contribution in [-0.2, 0) is 10.0 Å². The van der Waals surface area contributed by atoms with Crippen molar-refractivity contribution >= 4 is 44.8 Å². The number of benzene rings is 2. The average Bonchev–Trinajstić information content (AvgIpc) is 2.76. The van der Waals surface area contributed by atoms with Crippen LogP contribution in [0.1, 0.15) is 56.3 Å². The molecule has 0 bridgehead atoms. The monoisotopic (exact) mass is 498 g/mol. The fourth-order valence-electron chi connectivity index (χ4n) is 3.63. The van der Waals surface area contributed by atoms with E-state index in [0.29, 0.717) is 24.6 Å². The van der Waals surface area contributed by atoms with E-state index in [1.807, 2.05) is 6.92 Å². The zero-order chi connectivity index (χ0) is 23.3. The first-order chi connectivity index (χ1) is 15.2. The summed E-state index contributed by atoms with van der Waals surface area (Å²) in [5.41, 5.74) is 0.748. The maximum absolute atomic E-state index is 13.0. The number of anilines is 1. The Balaban J connectivity index is 1.71. The van der Waals surface area contributed by atoms with E-state index in [9.17, 15) is 13.2 Å². The molecule has 1 heterocycles. The van der Waals surface area contributed by atoms with E-state index in [1.165, 1.54) is 24.3 Å². The van der Waals surface area contributed by atoms with Gasteiger partial charge in [0.25, 0.3) is 5.91 Å². The molecule has 0 aromatic heterocycles. The molecule has 1 saturated heterocycles. The van der Waals surface area contributed by atoms with Gasteiger partial charge >= 0.3 is 0 Å². The molecule has 0 spiro atoms. The number of hydrogen-bond acceptors (Lipinski definition) is 4. The van der Waals surface area contributed by atoms with Crippen molar-refractivity contribution in [2.45, 2.75) is 56.9 Å². The summed E-state index contributed by atoms with van der Waals surface area (Å²) in [5, 5.41) is 3.27. The van der Waals surface area contributed by atoms with E-state index in [1.54, 1.807) is 16.4 Å². The first kappa shape index (κ1) is 24.8. The lowest BCUT2D eigenvalue weighted by Crippen LogP contribution is -2.41. The number of sulfonamides is 1. The van der Waals surface area contributed by atoms with E-state index < -0.39 is 15.9 Å². The maximum atomic E-state index is 13.0. The number of carbonyl (C=O) groups is 1. The number of hydrogen-bond donors (Lipinski definition) is 1. The van der Waals surface area contributed by atoms with Crippen molar-refractivity contribution in [2.75, 3.05) is 18.5 Å². The van der Waals surface area contributed by atoms with Gasteiger partial charge in [0, 0.05) is 23.8 Å². The minimum absolute atomic E-state index is 0.0171. The summed E-state index contributed by atoms with van der Waals surface area (Å²) in [4.78, 5) is 12.9. The highest BCUT2D eigenvalue weighted by Gasteiger charge is 2.30. The fraction of sp³-hybridized carbons (Fsp3) is 0.435. The van der Waals surface area contributed by atoms with Gasteiger partial charge in [0.1, 0.15) is 0 Å². The smallest absolute Gasteiger partial charge is 0.255 e. The largest absolute Gasteiger partial charge is 0.490 e. The average molecular weight is 499 g/mol. The van der Waals surface area contributed by atoms with Gasteiger partial charge in [0.05, 0.1) is 21.5 Å². The number of nitrogens with one attached hydrogen (secondary N) is 1. The van der Waals surface area contributed by atoms with Crippen LogP contribution in [0.2, 0.25) is 10.0 Å². The van der Waals surface area contributed by atoms with Gasteiger partial charge in [0.2, 0.25) is 10.0 Å². The molecule has 1 N–H and O–H groups in total. The molecule has 3 rings (SSSR count). The van der Waals surface area contributed by atoms with Crippen LogP contribution in [-0.4, -0.2) is 37.8 Å². The molecule has 0 radical (unpaired) electrons. The second-order valence-electron chi connectivity index (χ2n) is 7.91. The Hall–Kier alpha value is -1.80. The van der Waals surface area contributed by atoms with Crippen molar-refractivity contribution in [2.24, 2.45) is 0 Å². The molecule has 1 unspecified atom stereocenters. The van der Waals surface area contributed by atoms with Gasteiger partial charge in [-0.2, -0.15) is 4.31 Å². The Morgan fingerprint density at radius 3 is 2.41 bits per heavy atom. The summed E-state index contributed by atoms with van der Waals surface area (Å²) in [6.07, 6.45) is 4.62. The highest BCUT2D eigenvalue weighted by Crippen LogP contribution is 2.34. The molecule has 9 heteroatoms. The summed E-state index contributed by atoms with van der Waals surface area (Å²) >= 11 is 12.5. The fourth-order valence-corrected chi connectivity index (χ4v) is 5.92. The van der Waals surface area contributed by atoms with E-state index in [2.05, 4.69) is 12.2 Å². The van der Waals surface area contributed by atoms with Crippen molar-refractivity contribution in [3.8, 4) is 5.75 Å². The molecular weight excluding hydrogens is 471 g/mol. The predicted octanol–water partition coefficient (Wildman–Crippen LogP) is 5.99. The van der Waals surface area contributed by atoms with Crippen LogP contribution in [0.3, 0.4) is 0 Å². The molecule has 0 aliphatic carbocycles. The summed E-state index contributed by atoms with van der Waals surface area (Å²) in [5.74, 6) is -0.0472.